The van der Waals surface area contributed by atoms with Crippen LogP contribution in [-0.2, 0) is 14.8 Å². The van der Waals surface area contributed by atoms with Crippen LogP contribution >= 0.6 is 11.6 Å². The molecule has 15 heteroatoms. The van der Waals surface area contributed by atoms with Gasteiger partial charge in [0.25, 0.3) is 0 Å². The molecule has 0 bridgehead atoms. The van der Waals surface area contributed by atoms with Gasteiger partial charge in [-0.05, 0) is 25.7 Å². The molecule has 0 aromatic carbocycles. The van der Waals surface area contributed by atoms with Crippen molar-refractivity contribution in [3.63, 3.8) is 0 Å². The van der Waals surface area contributed by atoms with Crippen molar-refractivity contribution in [3.05, 3.63) is 35.4 Å². The first-order chi connectivity index (χ1) is 17.2. The van der Waals surface area contributed by atoms with Gasteiger partial charge < -0.3 is 14.2 Å². The molecule has 1 aliphatic carbocycles. The van der Waals surface area contributed by atoms with E-state index >= 15 is 0 Å². The number of sulfonamides is 1. The number of halogens is 1. The Morgan fingerprint density at radius 2 is 1.67 bits per heavy atom. The van der Waals surface area contributed by atoms with Crippen molar-refractivity contribution in [2.45, 2.75) is 44.0 Å². The monoisotopic (exact) mass is 538 g/mol. The number of aromatic nitrogens is 7. The van der Waals surface area contributed by atoms with Crippen molar-refractivity contribution in [2.75, 3.05) is 26.1 Å². The molecular weight excluding hydrogens is 512 g/mol. The van der Waals surface area contributed by atoms with Crippen molar-refractivity contribution in [3.8, 4) is 17.4 Å². The van der Waals surface area contributed by atoms with Crippen LogP contribution < -0.4 is 14.2 Å². The molecule has 0 radical (unpaired) electrons. The topological polar surface area (TPSA) is 156 Å². The van der Waals surface area contributed by atoms with Crippen LogP contribution in [0.5, 0.6) is 11.8 Å². The van der Waals surface area contributed by atoms with Gasteiger partial charge in [0, 0.05) is 25.4 Å². The first-order valence-corrected chi connectivity index (χ1v) is 13.0. The highest BCUT2D eigenvalue weighted by Crippen LogP contribution is 2.43. The molecule has 1 fully saturated rings. The van der Waals surface area contributed by atoms with E-state index in [1.807, 2.05) is 0 Å². The van der Waals surface area contributed by atoms with Gasteiger partial charge in [-0.3, -0.25) is 9.29 Å². The summed E-state index contributed by atoms with van der Waals surface area (Å²) in [6, 6.07) is 0. The molecule has 2 unspecified atom stereocenters. The van der Waals surface area contributed by atoms with Crippen LogP contribution in [0, 0.1) is 5.92 Å². The van der Waals surface area contributed by atoms with E-state index in [0.29, 0.717) is 16.8 Å². The molecule has 0 amide bonds. The van der Waals surface area contributed by atoms with Crippen molar-refractivity contribution >= 4 is 27.6 Å². The predicted molar refractivity (Wildman–Crippen MR) is 130 cm³/mol. The molecule has 1 saturated carbocycles. The third-order valence-corrected chi connectivity index (χ3v) is 7.98. The summed E-state index contributed by atoms with van der Waals surface area (Å²) in [6.07, 6.45) is 4.81. The molecule has 1 N–H and O–H groups in total. The molecule has 3 aromatic rings. The Morgan fingerprint density at radius 1 is 1.06 bits per heavy atom. The molecule has 13 nitrogen and oxygen atoms in total. The number of nitrogens with zero attached hydrogens (tertiary/aromatic N) is 7. The second-order valence-electron chi connectivity index (χ2n) is 8.50. The van der Waals surface area contributed by atoms with Crippen LogP contribution in [0.3, 0.4) is 0 Å². The van der Waals surface area contributed by atoms with Gasteiger partial charge in [-0.2, -0.15) is 9.97 Å². The highest BCUT2D eigenvalue weighted by Gasteiger charge is 2.38. The number of methoxy groups -OCH3 is 3. The van der Waals surface area contributed by atoms with Crippen molar-refractivity contribution in [1.82, 2.24) is 34.7 Å². The van der Waals surface area contributed by atoms with Gasteiger partial charge in [-0.15, -0.1) is 10.2 Å². The Hall–Kier alpha value is -3.10. The summed E-state index contributed by atoms with van der Waals surface area (Å²) in [4.78, 5) is 16.6. The summed E-state index contributed by atoms with van der Waals surface area (Å²) in [5.41, 5.74) is 0.289. The fourth-order valence-corrected chi connectivity index (χ4v) is 5.39. The molecule has 0 spiro atoms. The van der Waals surface area contributed by atoms with Crippen molar-refractivity contribution in [2.24, 2.45) is 5.92 Å². The first kappa shape index (κ1) is 26.0. The Labute approximate surface area is 213 Å². The zero-order valence-electron chi connectivity index (χ0n) is 20.4. The quantitative estimate of drug-likeness (QED) is 0.404. The van der Waals surface area contributed by atoms with E-state index in [9.17, 15) is 8.42 Å². The zero-order valence-corrected chi connectivity index (χ0v) is 22.0. The SMILES string of the molecule is COc1ncnc(OC)c1-n1c(NS(=O)(=O)C(C)C(OC)c2ncc(Cl)cn2)nnc1[C@H]1C[C@H](C)C1. The molecule has 3 aromatic heterocycles. The smallest absolute Gasteiger partial charge is 0.245 e. The first-order valence-electron chi connectivity index (χ1n) is 11.1. The van der Waals surface area contributed by atoms with Gasteiger partial charge in [-0.1, -0.05) is 18.5 Å². The zero-order chi connectivity index (χ0) is 26.0. The molecule has 2 atom stereocenters. The highest BCUT2D eigenvalue weighted by atomic mass is 35.5. The summed E-state index contributed by atoms with van der Waals surface area (Å²) in [5, 5.41) is 7.71. The van der Waals surface area contributed by atoms with E-state index in [1.54, 1.807) is 4.57 Å². The molecule has 0 saturated heterocycles. The lowest BCUT2D eigenvalue weighted by Gasteiger charge is -2.32. The van der Waals surface area contributed by atoms with Crippen LogP contribution in [-0.4, -0.2) is 69.7 Å². The number of ether oxygens (including phenoxy) is 3. The van der Waals surface area contributed by atoms with Gasteiger partial charge in [0.2, 0.25) is 27.7 Å². The van der Waals surface area contributed by atoms with E-state index in [0.717, 1.165) is 12.8 Å². The maximum absolute atomic E-state index is 13.5. The summed E-state index contributed by atoms with van der Waals surface area (Å²) < 4.78 is 47.4. The van der Waals surface area contributed by atoms with Crippen LogP contribution in [0.25, 0.3) is 5.69 Å². The number of anilines is 1. The van der Waals surface area contributed by atoms with E-state index in [1.165, 1.54) is 47.0 Å². The average Bonchev–Trinajstić information content (AvgIpc) is 3.24. The maximum Gasteiger partial charge on any atom is 0.245 e. The van der Waals surface area contributed by atoms with Crippen LogP contribution in [0.4, 0.5) is 5.95 Å². The molecular formula is C21H27ClN8O5S. The Morgan fingerprint density at radius 3 is 2.19 bits per heavy atom. The Bertz CT molecular complexity index is 1290. The molecule has 1 aliphatic rings. The summed E-state index contributed by atoms with van der Waals surface area (Å²) in [7, 11) is 0.174. The van der Waals surface area contributed by atoms with Gasteiger partial charge in [0.15, 0.2) is 11.5 Å². The average molecular weight is 539 g/mol. The number of hydrogen-bond acceptors (Lipinski definition) is 11. The van der Waals surface area contributed by atoms with Gasteiger partial charge in [0.1, 0.15) is 23.5 Å². The molecule has 3 heterocycles. The summed E-state index contributed by atoms with van der Waals surface area (Å²) in [5.74, 6) is 1.58. The van der Waals surface area contributed by atoms with Gasteiger partial charge in [0.05, 0.1) is 19.2 Å². The van der Waals surface area contributed by atoms with E-state index in [2.05, 4.69) is 41.8 Å². The van der Waals surface area contributed by atoms with Crippen LogP contribution in [0.2, 0.25) is 5.02 Å². The molecule has 0 aliphatic heterocycles. The third kappa shape index (κ3) is 4.92. The number of nitrogens with one attached hydrogen (secondary N) is 1. The van der Waals surface area contributed by atoms with Gasteiger partial charge in [-0.25, -0.2) is 18.4 Å². The minimum Gasteiger partial charge on any atom is -0.479 e. The van der Waals surface area contributed by atoms with Crippen LogP contribution in [0.15, 0.2) is 18.7 Å². The predicted octanol–water partition coefficient (Wildman–Crippen LogP) is 2.55. The molecule has 194 valence electrons. The van der Waals surface area contributed by atoms with E-state index in [-0.39, 0.29) is 35.1 Å². The van der Waals surface area contributed by atoms with Crippen molar-refractivity contribution in [1.29, 1.82) is 0 Å². The fraction of sp³-hybridized carbons (Fsp3) is 0.524. The van der Waals surface area contributed by atoms with E-state index in [4.69, 9.17) is 25.8 Å². The molecule has 36 heavy (non-hydrogen) atoms. The third-order valence-electron chi connectivity index (χ3n) is 6.09. The maximum atomic E-state index is 13.5. The largest absolute Gasteiger partial charge is 0.479 e. The van der Waals surface area contributed by atoms with Crippen LogP contribution in [0.1, 0.15) is 50.4 Å². The minimum atomic E-state index is -4.10. The Balaban J connectivity index is 1.76. The second kappa shape index (κ2) is 10.5. The standard InChI is InChI=1S/C21H27ClN8O5S/c1-11-6-13(7-11)18-27-28-21(30(18)15-19(34-4)25-10-26-20(15)35-5)29-36(31,32)12(2)16(33-3)17-23-8-14(22)9-24-17/h8-13,16H,6-7H2,1-5H3,(H,28,29)/t11-,12?,13-,16?. The fourth-order valence-electron chi connectivity index (χ4n) is 4.16. The Kier molecular flexibility index (Phi) is 7.57. The van der Waals surface area contributed by atoms with Gasteiger partial charge >= 0.3 is 0 Å². The highest BCUT2D eigenvalue weighted by molar-refractivity contribution is 7.93. The second-order valence-corrected chi connectivity index (χ2v) is 11.0. The number of hydrogen-bond donors (Lipinski definition) is 1. The lowest BCUT2D eigenvalue weighted by molar-refractivity contribution is 0.0950. The van der Waals surface area contributed by atoms with Crippen molar-refractivity contribution < 1.29 is 22.6 Å². The summed E-state index contributed by atoms with van der Waals surface area (Å²) in [6.45, 7) is 3.62. The molecule has 4 rings (SSSR count). The minimum absolute atomic E-state index is 0.0605. The lowest BCUT2D eigenvalue weighted by atomic mass is 9.75. The summed E-state index contributed by atoms with van der Waals surface area (Å²) >= 11 is 5.87. The number of rotatable bonds is 10. The van der Waals surface area contributed by atoms with E-state index < -0.39 is 21.4 Å². The lowest BCUT2D eigenvalue weighted by Crippen LogP contribution is -2.33. The normalized spacial score (nSPS) is 19.3.